The van der Waals surface area contributed by atoms with Crippen LogP contribution in [0.5, 0.6) is 0 Å². The van der Waals surface area contributed by atoms with Crippen molar-refractivity contribution in [1.82, 2.24) is 4.98 Å². The molecule has 148 valence electrons. The lowest BCUT2D eigenvalue weighted by Gasteiger charge is -2.30. The van der Waals surface area contributed by atoms with E-state index in [-0.39, 0.29) is 11.3 Å². The van der Waals surface area contributed by atoms with Crippen molar-refractivity contribution >= 4 is 23.0 Å². The lowest BCUT2D eigenvalue weighted by atomic mass is 10.0. The third-order valence-electron chi connectivity index (χ3n) is 4.79. The van der Waals surface area contributed by atoms with E-state index in [1.807, 2.05) is 24.3 Å². The molecular formula is C22H20FN3O3. The highest BCUT2D eigenvalue weighted by atomic mass is 19.1. The maximum atomic E-state index is 13.2. The summed E-state index contributed by atoms with van der Waals surface area (Å²) in [5.74, 6) is -0.430. The third kappa shape index (κ3) is 4.20. The summed E-state index contributed by atoms with van der Waals surface area (Å²) in [6, 6.07) is 15.8. The molecule has 1 fully saturated rings. The van der Waals surface area contributed by atoms with Crippen LogP contribution in [0.2, 0.25) is 0 Å². The summed E-state index contributed by atoms with van der Waals surface area (Å²) in [5, 5.41) is 3.21. The number of carbonyl (C=O) groups is 1. The molecule has 7 heteroatoms. The van der Waals surface area contributed by atoms with Crippen LogP contribution < -0.4 is 15.8 Å². The minimum absolute atomic E-state index is 0.299. The van der Waals surface area contributed by atoms with E-state index >= 15 is 0 Å². The second-order valence-corrected chi connectivity index (χ2v) is 6.69. The van der Waals surface area contributed by atoms with Gasteiger partial charge in [0.25, 0.3) is 0 Å². The van der Waals surface area contributed by atoms with Gasteiger partial charge >= 0.3 is 0 Å². The minimum atomic E-state index is -0.416. The Labute approximate surface area is 166 Å². The first kappa shape index (κ1) is 18.9. The Balaban J connectivity index is 1.70. The molecule has 0 radical (unpaired) electrons. The molecule has 29 heavy (non-hydrogen) atoms. The van der Waals surface area contributed by atoms with Gasteiger partial charge in [0.2, 0.25) is 5.56 Å². The van der Waals surface area contributed by atoms with Crippen LogP contribution >= 0.6 is 0 Å². The van der Waals surface area contributed by atoms with E-state index in [2.05, 4.69) is 15.2 Å². The Morgan fingerprint density at radius 1 is 1.00 bits per heavy atom. The number of halogens is 1. The van der Waals surface area contributed by atoms with Crippen molar-refractivity contribution < 1.29 is 13.9 Å². The number of ketones is 1. The summed E-state index contributed by atoms with van der Waals surface area (Å²) in [5.41, 5.74) is 2.04. The van der Waals surface area contributed by atoms with Crippen LogP contribution in [0.1, 0.15) is 15.9 Å². The number of nitrogens with one attached hydrogen (secondary N) is 2. The second-order valence-electron chi connectivity index (χ2n) is 6.69. The molecule has 0 saturated carbocycles. The number of H-pyrrole nitrogens is 1. The number of hydrogen-bond acceptors (Lipinski definition) is 5. The molecule has 1 aliphatic heterocycles. The molecule has 1 aliphatic rings. The van der Waals surface area contributed by atoms with Gasteiger partial charge in [0.1, 0.15) is 11.6 Å². The molecule has 0 unspecified atom stereocenters. The standard InChI is InChI=1S/C22H20FN3O3/c23-16-7-5-15(6-8-16)21(28)17-9-10-20(27)25-22(17)24-18-3-1-2-4-19(18)26-11-13-29-14-12-26/h1-10H,11-14H2,(H2,24,25,27). The van der Waals surface area contributed by atoms with Gasteiger partial charge in [-0.1, -0.05) is 12.1 Å². The number of pyridine rings is 1. The van der Waals surface area contributed by atoms with Crippen LogP contribution in [0.15, 0.2) is 65.5 Å². The largest absolute Gasteiger partial charge is 0.378 e. The van der Waals surface area contributed by atoms with E-state index in [1.54, 1.807) is 0 Å². The zero-order valence-corrected chi connectivity index (χ0v) is 15.7. The first-order valence-corrected chi connectivity index (χ1v) is 9.34. The van der Waals surface area contributed by atoms with Gasteiger partial charge < -0.3 is 19.9 Å². The van der Waals surface area contributed by atoms with E-state index < -0.39 is 5.82 Å². The Morgan fingerprint density at radius 3 is 2.48 bits per heavy atom. The lowest BCUT2D eigenvalue weighted by molar-refractivity contribution is 0.103. The fourth-order valence-electron chi connectivity index (χ4n) is 3.31. The normalized spacial score (nSPS) is 13.9. The summed E-state index contributed by atoms with van der Waals surface area (Å²) in [7, 11) is 0. The molecule has 0 aliphatic carbocycles. The van der Waals surface area contributed by atoms with Crippen molar-refractivity contribution in [3.05, 3.63) is 88.0 Å². The number of morpholine rings is 1. The predicted octanol–water partition coefficient (Wildman–Crippen LogP) is 3.33. The van der Waals surface area contributed by atoms with E-state index in [0.29, 0.717) is 30.2 Å². The summed E-state index contributed by atoms with van der Waals surface area (Å²) in [4.78, 5) is 29.8. The molecule has 2 N–H and O–H groups in total. The zero-order valence-electron chi connectivity index (χ0n) is 15.7. The molecular weight excluding hydrogens is 373 g/mol. The van der Waals surface area contributed by atoms with E-state index in [0.717, 1.165) is 24.5 Å². The van der Waals surface area contributed by atoms with Crippen LogP contribution in [0, 0.1) is 5.82 Å². The first-order valence-electron chi connectivity index (χ1n) is 9.34. The van der Waals surface area contributed by atoms with Crippen LogP contribution in [-0.2, 0) is 4.74 Å². The summed E-state index contributed by atoms with van der Waals surface area (Å²) in [6.45, 7) is 2.80. The lowest BCUT2D eigenvalue weighted by Crippen LogP contribution is -2.36. The van der Waals surface area contributed by atoms with Crippen molar-refractivity contribution in [2.45, 2.75) is 0 Å². The van der Waals surface area contributed by atoms with E-state index in [9.17, 15) is 14.0 Å². The Kier molecular flexibility index (Phi) is 5.39. The number of anilines is 3. The molecule has 6 nitrogen and oxygen atoms in total. The maximum absolute atomic E-state index is 13.2. The molecule has 1 saturated heterocycles. The van der Waals surface area contributed by atoms with Crippen molar-refractivity contribution in [3.63, 3.8) is 0 Å². The molecule has 2 aromatic carbocycles. The van der Waals surface area contributed by atoms with Crippen LogP contribution in [-0.4, -0.2) is 37.1 Å². The van der Waals surface area contributed by atoms with Gasteiger partial charge in [-0.3, -0.25) is 9.59 Å². The second kappa shape index (κ2) is 8.28. The Morgan fingerprint density at radius 2 is 1.72 bits per heavy atom. The molecule has 0 atom stereocenters. The highest BCUT2D eigenvalue weighted by Crippen LogP contribution is 2.30. The van der Waals surface area contributed by atoms with Crippen molar-refractivity contribution in [2.75, 3.05) is 36.5 Å². The van der Waals surface area contributed by atoms with Gasteiger partial charge in [-0.25, -0.2) is 4.39 Å². The van der Waals surface area contributed by atoms with Gasteiger partial charge in [-0.2, -0.15) is 0 Å². The first-order chi connectivity index (χ1) is 14.1. The molecule has 0 bridgehead atoms. The third-order valence-corrected chi connectivity index (χ3v) is 4.79. The van der Waals surface area contributed by atoms with Gasteiger partial charge in [0.15, 0.2) is 5.78 Å². The predicted molar refractivity (Wildman–Crippen MR) is 110 cm³/mol. The van der Waals surface area contributed by atoms with Crippen LogP contribution in [0.3, 0.4) is 0 Å². The van der Waals surface area contributed by atoms with Gasteiger partial charge in [-0.15, -0.1) is 0 Å². The number of aromatic amines is 1. The topological polar surface area (TPSA) is 74.4 Å². The fraction of sp³-hybridized carbons (Fsp3) is 0.182. The number of ether oxygens (including phenoxy) is 1. The highest BCUT2D eigenvalue weighted by Gasteiger charge is 2.18. The number of hydrogen-bond donors (Lipinski definition) is 2. The van der Waals surface area contributed by atoms with Crippen molar-refractivity contribution in [3.8, 4) is 0 Å². The Hall–Kier alpha value is -3.45. The number of rotatable bonds is 5. The smallest absolute Gasteiger partial charge is 0.249 e. The molecule has 0 spiro atoms. The summed E-state index contributed by atoms with van der Waals surface area (Å²) in [6.07, 6.45) is 0. The number of para-hydroxylation sites is 2. The van der Waals surface area contributed by atoms with E-state index in [4.69, 9.17) is 4.74 Å². The quantitative estimate of drug-likeness (QED) is 0.651. The zero-order chi connectivity index (χ0) is 20.2. The average Bonchev–Trinajstić information content (AvgIpc) is 2.75. The molecule has 3 aromatic rings. The van der Waals surface area contributed by atoms with Gasteiger partial charge in [-0.05, 0) is 42.5 Å². The van der Waals surface area contributed by atoms with E-state index in [1.165, 1.54) is 36.4 Å². The van der Waals surface area contributed by atoms with Crippen molar-refractivity contribution in [1.29, 1.82) is 0 Å². The van der Waals surface area contributed by atoms with Crippen molar-refractivity contribution in [2.24, 2.45) is 0 Å². The summed E-state index contributed by atoms with van der Waals surface area (Å²) >= 11 is 0. The highest BCUT2D eigenvalue weighted by molar-refractivity contribution is 6.12. The summed E-state index contributed by atoms with van der Waals surface area (Å²) < 4.78 is 18.6. The van der Waals surface area contributed by atoms with Gasteiger partial charge in [0, 0.05) is 24.7 Å². The molecule has 0 amide bonds. The number of benzene rings is 2. The molecule has 4 rings (SSSR count). The van der Waals surface area contributed by atoms with Gasteiger partial charge in [0.05, 0.1) is 30.2 Å². The number of nitrogens with zero attached hydrogens (tertiary/aromatic N) is 1. The molecule has 2 heterocycles. The van der Waals surface area contributed by atoms with Crippen LogP contribution in [0.4, 0.5) is 21.6 Å². The Bertz CT molecular complexity index is 1070. The minimum Gasteiger partial charge on any atom is -0.378 e. The fourth-order valence-corrected chi connectivity index (χ4v) is 3.31. The molecule has 1 aromatic heterocycles. The van der Waals surface area contributed by atoms with Crippen LogP contribution in [0.25, 0.3) is 0 Å². The SMILES string of the molecule is O=C(c1ccc(F)cc1)c1ccc(=O)[nH]c1Nc1ccccc1N1CCOCC1. The monoisotopic (exact) mass is 393 g/mol. The average molecular weight is 393 g/mol. The number of aromatic nitrogens is 1. The maximum Gasteiger partial charge on any atom is 0.249 e. The number of carbonyl (C=O) groups excluding carboxylic acids is 1.